The molecule has 2 N–H and O–H groups in total. The van der Waals surface area contributed by atoms with Gasteiger partial charge >= 0.3 is 5.97 Å². The highest BCUT2D eigenvalue weighted by molar-refractivity contribution is 9.10. The molecule has 0 saturated heterocycles. The van der Waals surface area contributed by atoms with Crippen molar-refractivity contribution in [1.82, 2.24) is 9.97 Å². The molecule has 0 bridgehead atoms. The molecule has 0 saturated carbocycles. The number of halogens is 1. The van der Waals surface area contributed by atoms with E-state index in [4.69, 9.17) is 5.11 Å². The maximum Gasteiger partial charge on any atom is 0.339 e. The third-order valence-electron chi connectivity index (χ3n) is 2.62. The van der Waals surface area contributed by atoms with Crippen LogP contribution in [-0.4, -0.2) is 21.0 Å². The third-order valence-corrected chi connectivity index (χ3v) is 3.51. The average molecular weight is 322 g/mol. The van der Waals surface area contributed by atoms with Gasteiger partial charge < -0.3 is 10.4 Å². The number of aromatic carboxylic acids is 1. The zero-order chi connectivity index (χ0) is 14.0. The number of rotatable bonds is 3. The van der Waals surface area contributed by atoms with Gasteiger partial charge in [0.25, 0.3) is 0 Å². The molecular weight excluding hydrogens is 310 g/mol. The Labute approximate surface area is 118 Å². The first-order valence-electron chi connectivity index (χ1n) is 5.57. The van der Waals surface area contributed by atoms with E-state index in [1.54, 1.807) is 6.92 Å². The second-order valence-corrected chi connectivity index (χ2v) is 4.94. The first-order valence-corrected chi connectivity index (χ1v) is 6.37. The smallest absolute Gasteiger partial charge is 0.339 e. The summed E-state index contributed by atoms with van der Waals surface area (Å²) in [5.41, 5.74) is 2.48. The Morgan fingerprint density at radius 2 is 2.11 bits per heavy atom. The average Bonchev–Trinajstić information content (AvgIpc) is 2.33. The van der Waals surface area contributed by atoms with Crippen LogP contribution in [0.15, 0.2) is 28.9 Å². The molecule has 0 spiro atoms. The predicted octanol–water partition coefficient (Wildman–Crippen LogP) is 3.30. The van der Waals surface area contributed by atoms with E-state index in [1.807, 2.05) is 25.1 Å². The normalized spacial score (nSPS) is 10.3. The molecular formula is C13H12BrN3O2. The number of nitrogens with one attached hydrogen (secondary N) is 1. The van der Waals surface area contributed by atoms with Gasteiger partial charge in [-0.1, -0.05) is 15.9 Å². The van der Waals surface area contributed by atoms with E-state index in [0.29, 0.717) is 11.6 Å². The van der Waals surface area contributed by atoms with E-state index in [-0.39, 0.29) is 5.56 Å². The molecule has 6 heteroatoms. The maximum absolute atomic E-state index is 10.9. The highest BCUT2D eigenvalue weighted by atomic mass is 79.9. The number of carbonyl (C=O) groups is 1. The predicted molar refractivity (Wildman–Crippen MR) is 75.9 cm³/mol. The summed E-state index contributed by atoms with van der Waals surface area (Å²) in [6.45, 7) is 3.62. The van der Waals surface area contributed by atoms with Crippen molar-refractivity contribution in [2.75, 3.05) is 5.32 Å². The number of aromatic nitrogens is 2. The number of hydrogen-bond acceptors (Lipinski definition) is 4. The van der Waals surface area contributed by atoms with Crippen LogP contribution in [0, 0.1) is 13.8 Å². The van der Waals surface area contributed by atoms with Crippen LogP contribution in [0.2, 0.25) is 0 Å². The van der Waals surface area contributed by atoms with Crippen molar-refractivity contribution < 1.29 is 9.90 Å². The molecule has 0 atom stereocenters. The fourth-order valence-electron chi connectivity index (χ4n) is 1.59. The topological polar surface area (TPSA) is 75.1 Å². The van der Waals surface area contributed by atoms with Crippen molar-refractivity contribution in [3.8, 4) is 0 Å². The molecule has 1 heterocycles. The summed E-state index contributed by atoms with van der Waals surface area (Å²) in [5, 5.41) is 12.0. The molecule has 1 aromatic carbocycles. The summed E-state index contributed by atoms with van der Waals surface area (Å²) in [5.74, 6) is -0.646. The molecule has 0 aliphatic heterocycles. The van der Waals surface area contributed by atoms with E-state index in [2.05, 4.69) is 31.2 Å². The maximum atomic E-state index is 10.9. The van der Waals surface area contributed by atoms with E-state index in [1.165, 1.54) is 6.20 Å². The fourth-order valence-corrected chi connectivity index (χ4v) is 1.84. The highest BCUT2D eigenvalue weighted by Crippen LogP contribution is 2.22. The van der Waals surface area contributed by atoms with E-state index >= 15 is 0 Å². The summed E-state index contributed by atoms with van der Waals surface area (Å²) in [7, 11) is 0. The molecule has 1 aromatic heterocycles. The second kappa shape index (κ2) is 5.36. The Balaban J connectivity index is 2.26. The van der Waals surface area contributed by atoms with Crippen LogP contribution >= 0.6 is 15.9 Å². The third kappa shape index (κ3) is 3.08. The number of anilines is 2. The summed E-state index contributed by atoms with van der Waals surface area (Å²) < 4.78 is 1.02. The minimum Gasteiger partial charge on any atom is -0.478 e. The Morgan fingerprint density at radius 1 is 1.37 bits per heavy atom. The van der Waals surface area contributed by atoms with Gasteiger partial charge in [-0.05, 0) is 37.6 Å². The highest BCUT2D eigenvalue weighted by Gasteiger charge is 2.10. The summed E-state index contributed by atoms with van der Waals surface area (Å²) in [4.78, 5) is 19.0. The molecule has 0 aliphatic rings. The van der Waals surface area contributed by atoms with Gasteiger partial charge in [-0.15, -0.1) is 0 Å². The van der Waals surface area contributed by atoms with E-state index < -0.39 is 5.97 Å². The largest absolute Gasteiger partial charge is 0.478 e. The summed E-state index contributed by atoms with van der Waals surface area (Å²) in [6.07, 6.45) is 1.30. The first kappa shape index (κ1) is 13.5. The van der Waals surface area contributed by atoms with Crippen LogP contribution in [0.25, 0.3) is 0 Å². The number of carboxylic acids is 1. The standard InChI is InChI=1S/C13H12BrN3O2/c1-7-5-9(3-4-11(7)14)17-13-15-6-10(12(18)19)8(2)16-13/h3-6H,1-2H3,(H,18,19)(H,15,16,17). The lowest BCUT2D eigenvalue weighted by Crippen LogP contribution is -2.06. The molecule has 19 heavy (non-hydrogen) atoms. The van der Waals surface area contributed by atoms with Gasteiger partial charge in [0.05, 0.1) is 11.3 Å². The van der Waals surface area contributed by atoms with Crippen molar-refractivity contribution in [3.05, 3.63) is 45.7 Å². The van der Waals surface area contributed by atoms with Gasteiger partial charge in [0, 0.05) is 16.4 Å². The monoisotopic (exact) mass is 321 g/mol. The van der Waals surface area contributed by atoms with Crippen LogP contribution in [0.3, 0.4) is 0 Å². The van der Waals surface area contributed by atoms with Crippen LogP contribution in [0.4, 0.5) is 11.6 Å². The van der Waals surface area contributed by atoms with Gasteiger partial charge in [0.15, 0.2) is 0 Å². The van der Waals surface area contributed by atoms with Crippen LogP contribution < -0.4 is 5.32 Å². The van der Waals surface area contributed by atoms with Crippen LogP contribution in [-0.2, 0) is 0 Å². The Morgan fingerprint density at radius 3 is 2.68 bits per heavy atom. The zero-order valence-corrected chi connectivity index (χ0v) is 12.0. The van der Waals surface area contributed by atoms with Crippen molar-refractivity contribution in [2.24, 2.45) is 0 Å². The summed E-state index contributed by atoms with van der Waals surface area (Å²) >= 11 is 3.43. The van der Waals surface area contributed by atoms with Crippen LogP contribution in [0.1, 0.15) is 21.6 Å². The lowest BCUT2D eigenvalue weighted by molar-refractivity contribution is 0.0695. The van der Waals surface area contributed by atoms with Gasteiger partial charge in [0.1, 0.15) is 0 Å². The molecule has 0 aliphatic carbocycles. The minimum absolute atomic E-state index is 0.109. The lowest BCUT2D eigenvalue weighted by Gasteiger charge is -2.08. The van der Waals surface area contributed by atoms with E-state index in [9.17, 15) is 4.79 Å². The molecule has 0 fully saturated rings. The molecule has 2 rings (SSSR count). The van der Waals surface area contributed by atoms with Gasteiger partial charge in [-0.3, -0.25) is 0 Å². The number of aryl methyl sites for hydroxylation is 2. The Bertz CT molecular complexity index is 644. The number of hydrogen-bond donors (Lipinski definition) is 2. The van der Waals surface area contributed by atoms with Crippen molar-refractivity contribution in [2.45, 2.75) is 13.8 Å². The van der Waals surface area contributed by atoms with Gasteiger partial charge in [0.2, 0.25) is 5.95 Å². The Kier molecular flexibility index (Phi) is 3.80. The lowest BCUT2D eigenvalue weighted by atomic mass is 10.2. The summed E-state index contributed by atoms with van der Waals surface area (Å²) in [6, 6.07) is 5.77. The Hall–Kier alpha value is -1.95. The first-order chi connectivity index (χ1) is 8.97. The molecule has 98 valence electrons. The van der Waals surface area contributed by atoms with Crippen molar-refractivity contribution in [3.63, 3.8) is 0 Å². The second-order valence-electron chi connectivity index (χ2n) is 4.09. The van der Waals surface area contributed by atoms with Gasteiger partial charge in [-0.2, -0.15) is 0 Å². The molecule has 2 aromatic rings. The van der Waals surface area contributed by atoms with E-state index in [0.717, 1.165) is 15.7 Å². The molecule has 0 amide bonds. The molecule has 5 nitrogen and oxygen atoms in total. The van der Waals surface area contributed by atoms with Crippen molar-refractivity contribution >= 4 is 33.5 Å². The number of nitrogens with zero attached hydrogens (tertiary/aromatic N) is 2. The zero-order valence-electron chi connectivity index (χ0n) is 10.4. The minimum atomic E-state index is -1.02. The number of benzene rings is 1. The molecule has 0 radical (unpaired) electrons. The molecule has 0 unspecified atom stereocenters. The number of carboxylic acid groups (broad SMARTS) is 1. The van der Waals surface area contributed by atoms with Crippen LogP contribution in [0.5, 0.6) is 0 Å². The SMILES string of the molecule is Cc1cc(Nc2ncc(C(=O)O)c(C)n2)ccc1Br. The quantitative estimate of drug-likeness (QED) is 0.907. The van der Waals surface area contributed by atoms with Gasteiger partial charge in [-0.25, -0.2) is 14.8 Å². The van der Waals surface area contributed by atoms with Crippen molar-refractivity contribution in [1.29, 1.82) is 0 Å². The fraction of sp³-hybridized carbons (Fsp3) is 0.154.